The molecular formula is C10H15ClO5. The van der Waals surface area contributed by atoms with Crippen molar-refractivity contribution in [3.63, 3.8) is 0 Å². The number of alkyl halides is 1. The van der Waals surface area contributed by atoms with Crippen molar-refractivity contribution in [2.24, 2.45) is 0 Å². The standard InChI is InChI=1S/C10H15ClO5/c1-5-10(16-7(3)13)8(15-6(2)12)4-9(11)14-5/h5,8-10H,4H2,1-3H3/t5-,8-,9-,10+/m0/s1. The van der Waals surface area contributed by atoms with Crippen LogP contribution in [0.1, 0.15) is 27.2 Å². The van der Waals surface area contributed by atoms with Crippen molar-refractivity contribution in [3.05, 3.63) is 0 Å². The van der Waals surface area contributed by atoms with Crippen molar-refractivity contribution < 1.29 is 23.8 Å². The highest BCUT2D eigenvalue weighted by molar-refractivity contribution is 6.19. The third kappa shape index (κ3) is 3.64. The second-order valence-electron chi connectivity index (χ2n) is 3.71. The molecule has 16 heavy (non-hydrogen) atoms. The maximum atomic E-state index is 10.9. The molecule has 0 bridgehead atoms. The largest absolute Gasteiger partial charge is 0.458 e. The van der Waals surface area contributed by atoms with Crippen LogP contribution >= 0.6 is 11.6 Å². The summed E-state index contributed by atoms with van der Waals surface area (Å²) in [6.07, 6.45) is -1.24. The maximum Gasteiger partial charge on any atom is 0.303 e. The van der Waals surface area contributed by atoms with E-state index in [1.807, 2.05) is 0 Å². The first-order valence-electron chi connectivity index (χ1n) is 5.04. The maximum absolute atomic E-state index is 10.9. The van der Waals surface area contributed by atoms with Gasteiger partial charge in [0.05, 0.1) is 6.10 Å². The zero-order chi connectivity index (χ0) is 12.3. The molecule has 92 valence electrons. The minimum atomic E-state index is -0.601. The van der Waals surface area contributed by atoms with Gasteiger partial charge in [0.1, 0.15) is 11.7 Å². The van der Waals surface area contributed by atoms with Gasteiger partial charge in [-0.3, -0.25) is 9.59 Å². The van der Waals surface area contributed by atoms with E-state index in [4.69, 9.17) is 25.8 Å². The highest BCUT2D eigenvalue weighted by Crippen LogP contribution is 2.27. The zero-order valence-corrected chi connectivity index (χ0v) is 10.2. The number of hydrogen-bond acceptors (Lipinski definition) is 5. The summed E-state index contributed by atoms with van der Waals surface area (Å²) in [6, 6.07) is 0. The van der Waals surface area contributed by atoms with E-state index < -0.39 is 35.8 Å². The lowest BCUT2D eigenvalue weighted by molar-refractivity contribution is -0.195. The summed E-state index contributed by atoms with van der Waals surface area (Å²) in [4.78, 5) is 21.8. The highest BCUT2D eigenvalue weighted by Gasteiger charge is 2.40. The molecule has 1 rings (SSSR count). The topological polar surface area (TPSA) is 61.8 Å². The first-order valence-corrected chi connectivity index (χ1v) is 5.47. The minimum absolute atomic E-state index is 0.309. The van der Waals surface area contributed by atoms with Gasteiger partial charge in [0.15, 0.2) is 6.10 Å². The molecule has 0 amide bonds. The SMILES string of the molecule is CC(=O)O[C@@H]1[C@H](C)O[C@H](Cl)C[C@@H]1OC(C)=O. The molecule has 1 heterocycles. The van der Waals surface area contributed by atoms with E-state index in [1.54, 1.807) is 6.92 Å². The average Bonchev–Trinajstić information content (AvgIpc) is 2.09. The summed E-state index contributed by atoms with van der Waals surface area (Å²) in [7, 11) is 0. The first kappa shape index (κ1) is 13.3. The van der Waals surface area contributed by atoms with E-state index >= 15 is 0 Å². The van der Waals surface area contributed by atoms with Gasteiger partial charge in [-0.05, 0) is 6.92 Å². The number of hydrogen-bond donors (Lipinski definition) is 0. The van der Waals surface area contributed by atoms with Gasteiger partial charge in [0.2, 0.25) is 0 Å². The van der Waals surface area contributed by atoms with Crippen LogP contribution in [0.5, 0.6) is 0 Å². The predicted molar refractivity (Wildman–Crippen MR) is 55.9 cm³/mol. The zero-order valence-electron chi connectivity index (χ0n) is 9.44. The van der Waals surface area contributed by atoms with Crippen molar-refractivity contribution in [2.75, 3.05) is 0 Å². The Balaban J connectivity index is 2.71. The van der Waals surface area contributed by atoms with E-state index in [0.717, 1.165) is 0 Å². The van der Waals surface area contributed by atoms with Crippen molar-refractivity contribution >= 4 is 23.5 Å². The second kappa shape index (κ2) is 5.50. The van der Waals surface area contributed by atoms with Crippen molar-refractivity contribution in [2.45, 2.75) is 51.1 Å². The number of esters is 2. The van der Waals surface area contributed by atoms with Crippen LogP contribution < -0.4 is 0 Å². The molecule has 0 saturated carbocycles. The molecule has 0 unspecified atom stereocenters. The van der Waals surface area contributed by atoms with E-state index in [0.29, 0.717) is 6.42 Å². The van der Waals surface area contributed by atoms with Gasteiger partial charge in [-0.2, -0.15) is 0 Å². The highest BCUT2D eigenvalue weighted by atomic mass is 35.5. The van der Waals surface area contributed by atoms with E-state index in [9.17, 15) is 9.59 Å². The van der Waals surface area contributed by atoms with Gasteiger partial charge in [-0.15, -0.1) is 0 Å². The smallest absolute Gasteiger partial charge is 0.303 e. The second-order valence-corrected chi connectivity index (χ2v) is 4.20. The minimum Gasteiger partial charge on any atom is -0.458 e. The van der Waals surface area contributed by atoms with E-state index in [2.05, 4.69) is 0 Å². The molecule has 0 aromatic heterocycles. The third-order valence-corrected chi connectivity index (χ3v) is 2.51. The lowest BCUT2D eigenvalue weighted by atomic mass is 10.0. The predicted octanol–water partition coefficient (Wildman–Crippen LogP) is 1.22. The first-order chi connectivity index (χ1) is 7.40. The molecule has 0 N–H and O–H groups in total. The summed E-state index contributed by atoms with van der Waals surface area (Å²) >= 11 is 5.84. The molecule has 0 radical (unpaired) electrons. The molecule has 0 spiro atoms. The lowest BCUT2D eigenvalue weighted by Gasteiger charge is -2.37. The Morgan fingerprint density at radius 3 is 2.31 bits per heavy atom. The molecule has 0 aromatic rings. The Bertz CT molecular complexity index is 280. The van der Waals surface area contributed by atoms with Gasteiger partial charge >= 0.3 is 11.9 Å². The number of carbonyl (C=O) groups excluding carboxylic acids is 2. The summed E-state index contributed by atoms with van der Waals surface area (Å²) in [5.41, 5.74) is -0.536. The van der Waals surface area contributed by atoms with Crippen LogP contribution in [0.15, 0.2) is 0 Å². The fourth-order valence-electron chi connectivity index (χ4n) is 1.68. The van der Waals surface area contributed by atoms with E-state index in [-0.39, 0.29) is 0 Å². The Hall–Kier alpha value is -0.810. The van der Waals surface area contributed by atoms with Gasteiger partial charge in [0, 0.05) is 20.3 Å². The van der Waals surface area contributed by atoms with Crippen molar-refractivity contribution in [3.8, 4) is 0 Å². The molecule has 4 atom stereocenters. The monoisotopic (exact) mass is 250 g/mol. The van der Waals surface area contributed by atoms with Crippen molar-refractivity contribution in [1.29, 1.82) is 0 Å². The molecule has 0 aromatic carbocycles. The van der Waals surface area contributed by atoms with Gasteiger partial charge < -0.3 is 14.2 Å². The molecule has 5 nitrogen and oxygen atoms in total. The number of ether oxygens (including phenoxy) is 3. The average molecular weight is 251 g/mol. The van der Waals surface area contributed by atoms with Crippen LogP contribution in [0, 0.1) is 0 Å². The van der Waals surface area contributed by atoms with Crippen LogP contribution in [-0.2, 0) is 23.8 Å². The van der Waals surface area contributed by atoms with Crippen LogP contribution in [0.25, 0.3) is 0 Å². The normalized spacial score (nSPS) is 34.2. The number of rotatable bonds is 2. The molecular weight excluding hydrogens is 236 g/mol. The quantitative estimate of drug-likeness (QED) is 0.545. The Morgan fingerprint density at radius 2 is 1.81 bits per heavy atom. The number of carbonyl (C=O) groups is 2. The van der Waals surface area contributed by atoms with Gasteiger partial charge in [-0.1, -0.05) is 11.6 Å². The fraction of sp³-hybridized carbons (Fsp3) is 0.800. The molecule has 6 heteroatoms. The van der Waals surface area contributed by atoms with Crippen molar-refractivity contribution in [1.82, 2.24) is 0 Å². The van der Waals surface area contributed by atoms with Crippen LogP contribution in [0.3, 0.4) is 0 Å². The van der Waals surface area contributed by atoms with E-state index in [1.165, 1.54) is 13.8 Å². The molecule has 1 aliphatic rings. The number of halogens is 1. The van der Waals surface area contributed by atoms with Gasteiger partial charge in [0.25, 0.3) is 0 Å². The summed E-state index contributed by atoms with van der Waals surface area (Å²) in [5, 5.41) is 0. The molecule has 1 aliphatic heterocycles. The van der Waals surface area contributed by atoms with Crippen LogP contribution in [-0.4, -0.2) is 35.8 Å². The van der Waals surface area contributed by atoms with Crippen LogP contribution in [0.2, 0.25) is 0 Å². The summed E-state index contributed by atoms with van der Waals surface area (Å²) in [6.45, 7) is 4.32. The van der Waals surface area contributed by atoms with Gasteiger partial charge in [-0.25, -0.2) is 0 Å². The third-order valence-electron chi connectivity index (χ3n) is 2.23. The lowest BCUT2D eigenvalue weighted by Crippen LogP contribution is -2.49. The Labute approximate surface area is 99.0 Å². The fourth-order valence-corrected chi connectivity index (χ4v) is 2.01. The summed E-state index contributed by atoms with van der Waals surface area (Å²) < 4.78 is 15.4. The molecule has 0 aliphatic carbocycles. The molecule has 1 saturated heterocycles. The van der Waals surface area contributed by atoms with Crippen LogP contribution in [0.4, 0.5) is 0 Å². The Morgan fingerprint density at radius 1 is 1.25 bits per heavy atom. The summed E-state index contributed by atoms with van der Waals surface area (Å²) in [5.74, 6) is -0.870. The molecule has 1 fully saturated rings. The Kier molecular flexibility index (Phi) is 4.56.